The van der Waals surface area contributed by atoms with Gasteiger partial charge in [-0.25, -0.2) is 9.78 Å². The van der Waals surface area contributed by atoms with E-state index < -0.39 is 5.97 Å². The normalized spacial score (nSPS) is 10.2. The number of carboxylic acids is 1. The zero-order chi connectivity index (χ0) is 12.4. The second-order valence-corrected chi connectivity index (χ2v) is 4.24. The number of aryl methyl sites for hydroxylation is 1. The van der Waals surface area contributed by atoms with Gasteiger partial charge in [-0.15, -0.1) is 11.3 Å². The lowest BCUT2D eigenvalue weighted by Gasteiger charge is -1.97. The standard InChI is InChI=1S/C10H9N3O3S/c1-13-5-7(11-8(13)10(15)16)12-9(14)6-3-2-4-17-6/h2-5H,1H3,(H,12,14)(H,15,16). The number of anilines is 1. The molecule has 6 nitrogen and oxygen atoms in total. The summed E-state index contributed by atoms with van der Waals surface area (Å²) in [5.74, 6) is -1.33. The van der Waals surface area contributed by atoms with Crippen LogP contribution in [0.15, 0.2) is 23.7 Å². The van der Waals surface area contributed by atoms with Gasteiger partial charge in [-0.05, 0) is 11.4 Å². The van der Waals surface area contributed by atoms with Gasteiger partial charge in [0.2, 0.25) is 5.82 Å². The van der Waals surface area contributed by atoms with E-state index in [0.717, 1.165) is 0 Å². The first-order valence-corrected chi connectivity index (χ1v) is 5.57. The molecular formula is C10H9N3O3S. The van der Waals surface area contributed by atoms with Crippen molar-refractivity contribution >= 4 is 29.0 Å². The number of carbonyl (C=O) groups is 2. The van der Waals surface area contributed by atoms with Gasteiger partial charge < -0.3 is 15.0 Å². The Bertz CT molecular complexity index is 559. The SMILES string of the molecule is Cn1cc(NC(=O)c2cccs2)nc1C(=O)O. The second-order valence-electron chi connectivity index (χ2n) is 3.30. The minimum Gasteiger partial charge on any atom is -0.475 e. The zero-order valence-electron chi connectivity index (χ0n) is 8.88. The van der Waals surface area contributed by atoms with Crippen molar-refractivity contribution in [1.82, 2.24) is 9.55 Å². The van der Waals surface area contributed by atoms with E-state index in [2.05, 4.69) is 10.3 Å². The van der Waals surface area contributed by atoms with E-state index in [0.29, 0.717) is 4.88 Å². The van der Waals surface area contributed by atoms with E-state index in [1.807, 2.05) is 0 Å². The minimum absolute atomic E-state index is 0.119. The number of nitrogens with zero attached hydrogens (tertiary/aromatic N) is 2. The fraction of sp³-hybridized carbons (Fsp3) is 0.100. The first-order valence-electron chi connectivity index (χ1n) is 4.69. The molecule has 2 N–H and O–H groups in total. The maximum absolute atomic E-state index is 11.7. The number of amides is 1. The molecule has 0 aromatic carbocycles. The van der Waals surface area contributed by atoms with Crippen molar-refractivity contribution in [3.05, 3.63) is 34.4 Å². The Hall–Kier alpha value is -2.15. The van der Waals surface area contributed by atoms with Crippen LogP contribution in [0.4, 0.5) is 5.82 Å². The lowest BCUT2D eigenvalue weighted by Crippen LogP contribution is -2.10. The highest BCUT2D eigenvalue weighted by atomic mass is 32.1. The van der Waals surface area contributed by atoms with E-state index in [1.54, 1.807) is 24.6 Å². The number of imidazole rings is 1. The average Bonchev–Trinajstić information content (AvgIpc) is 2.86. The first-order chi connectivity index (χ1) is 8.08. The quantitative estimate of drug-likeness (QED) is 0.864. The predicted octanol–water partition coefficient (Wildman–Crippen LogP) is 1.43. The van der Waals surface area contributed by atoms with Crippen molar-refractivity contribution in [3.8, 4) is 0 Å². The molecule has 2 heterocycles. The molecule has 0 fully saturated rings. The number of aromatic nitrogens is 2. The van der Waals surface area contributed by atoms with E-state index in [-0.39, 0.29) is 17.5 Å². The van der Waals surface area contributed by atoms with Crippen LogP contribution in [0.2, 0.25) is 0 Å². The molecule has 0 spiro atoms. The summed E-state index contributed by atoms with van der Waals surface area (Å²) in [6.45, 7) is 0. The molecule has 0 atom stereocenters. The van der Waals surface area contributed by atoms with Crippen molar-refractivity contribution in [2.45, 2.75) is 0 Å². The Morgan fingerprint density at radius 2 is 2.29 bits per heavy atom. The minimum atomic E-state index is -1.14. The zero-order valence-corrected chi connectivity index (χ0v) is 9.69. The molecule has 0 unspecified atom stereocenters. The van der Waals surface area contributed by atoms with Crippen LogP contribution < -0.4 is 5.32 Å². The molecule has 2 aromatic rings. The fourth-order valence-electron chi connectivity index (χ4n) is 1.31. The third kappa shape index (κ3) is 2.34. The summed E-state index contributed by atoms with van der Waals surface area (Å²) in [7, 11) is 1.55. The predicted molar refractivity (Wildman–Crippen MR) is 62.4 cm³/mol. The molecule has 0 bridgehead atoms. The number of aromatic carboxylic acids is 1. The van der Waals surface area contributed by atoms with Crippen molar-refractivity contribution in [3.63, 3.8) is 0 Å². The molecule has 0 aliphatic heterocycles. The van der Waals surface area contributed by atoms with Gasteiger partial charge in [0.1, 0.15) is 0 Å². The Morgan fingerprint density at radius 1 is 1.53 bits per heavy atom. The van der Waals surface area contributed by atoms with Gasteiger partial charge in [0, 0.05) is 13.2 Å². The van der Waals surface area contributed by atoms with Crippen LogP contribution in [0.5, 0.6) is 0 Å². The second kappa shape index (κ2) is 4.38. The molecule has 0 aliphatic carbocycles. The molecular weight excluding hydrogens is 242 g/mol. The molecule has 7 heteroatoms. The van der Waals surface area contributed by atoms with Gasteiger partial charge in [-0.1, -0.05) is 6.07 Å². The van der Waals surface area contributed by atoms with Crippen LogP contribution in [0, 0.1) is 0 Å². The highest BCUT2D eigenvalue weighted by molar-refractivity contribution is 7.12. The Morgan fingerprint density at radius 3 is 2.82 bits per heavy atom. The highest BCUT2D eigenvalue weighted by Crippen LogP contribution is 2.12. The van der Waals surface area contributed by atoms with Gasteiger partial charge in [0.25, 0.3) is 5.91 Å². The number of hydrogen-bond donors (Lipinski definition) is 2. The average molecular weight is 251 g/mol. The molecule has 0 saturated carbocycles. The number of carbonyl (C=O) groups excluding carboxylic acids is 1. The number of nitrogens with one attached hydrogen (secondary N) is 1. The first kappa shape index (κ1) is 11.3. The van der Waals surface area contributed by atoms with Crippen LogP contribution in [-0.2, 0) is 7.05 Å². The summed E-state index contributed by atoms with van der Waals surface area (Å²) in [6.07, 6.45) is 1.45. The molecule has 2 rings (SSSR count). The van der Waals surface area contributed by atoms with Crippen molar-refractivity contribution in [2.24, 2.45) is 7.05 Å². The summed E-state index contributed by atoms with van der Waals surface area (Å²) in [5.41, 5.74) is 0. The third-order valence-electron chi connectivity index (χ3n) is 2.05. The number of hydrogen-bond acceptors (Lipinski definition) is 4. The van der Waals surface area contributed by atoms with Crippen molar-refractivity contribution < 1.29 is 14.7 Å². The summed E-state index contributed by atoms with van der Waals surface area (Å²) in [6, 6.07) is 3.45. The molecule has 0 radical (unpaired) electrons. The van der Waals surface area contributed by atoms with Gasteiger partial charge in [0.05, 0.1) is 4.88 Å². The van der Waals surface area contributed by atoms with E-state index in [9.17, 15) is 9.59 Å². The lowest BCUT2D eigenvalue weighted by molar-refractivity contribution is 0.0679. The van der Waals surface area contributed by atoms with Gasteiger partial charge in [-0.2, -0.15) is 0 Å². The topological polar surface area (TPSA) is 84.2 Å². The van der Waals surface area contributed by atoms with E-state index in [1.165, 1.54) is 22.1 Å². The molecule has 0 saturated heterocycles. The van der Waals surface area contributed by atoms with Gasteiger partial charge >= 0.3 is 5.97 Å². The molecule has 0 aliphatic rings. The Labute approximate surface area is 101 Å². The number of carboxylic acid groups (broad SMARTS) is 1. The highest BCUT2D eigenvalue weighted by Gasteiger charge is 2.14. The molecule has 2 aromatic heterocycles. The van der Waals surface area contributed by atoms with Gasteiger partial charge in [0.15, 0.2) is 5.82 Å². The van der Waals surface area contributed by atoms with Crippen molar-refractivity contribution in [1.29, 1.82) is 0 Å². The number of rotatable bonds is 3. The van der Waals surface area contributed by atoms with Crippen LogP contribution in [-0.4, -0.2) is 26.5 Å². The van der Waals surface area contributed by atoms with Crippen LogP contribution in [0.1, 0.15) is 20.3 Å². The fourth-order valence-corrected chi connectivity index (χ4v) is 1.93. The van der Waals surface area contributed by atoms with E-state index in [4.69, 9.17) is 5.11 Å². The summed E-state index contributed by atoms with van der Waals surface area (Å²) < 4.78 is 1.34. The van der Waals surface area contributed by atoms with Gasteiger partial charge in [-0.3, -0.25) is 4.79 Å². The largest absolute Gasteiger partial charge is 0.475 e. The Balaban J connectivity index is 2.17. The van der Waals surface area contributed by atoms with Crippen LogP contribution in [0.3, 0.4) is 0 Å². The number of thiophene rings is 1. The molecule has 88 valence electrons. The smallest absolute Gasteiger partial charge is 0.372 e. The lowest BCUT2D eigenvalue weighted by atomic mass is 10.4. The third-order valence-corrected chi connectivity index (χ3v) is 2.92. The maximum Gasteiger partial charge on any atom is 0.372 e. The molecule has 1 amide bonds. The van der Waals surface area contributed by atoms with E-state index >= 15 is 0 Å². The summed E-state index contributed by atoms with van der Waals surface area (Å²) >= 11 is 1.30. The molecule has 17 heavy (non-hydrogen) atoms. The van der Waals surface area contributed by atoms with Crippen LogP contribution in [0.25, 0.3) is 0 Å². The summed E-state index contributed by atoms with van der Waals surface area (Å²) in [5, 5.41) is 13.1. The summed E-state index contributed by atoms with van der Waals surface area (Å²) in [4.78, 5) is 26.8. The van der Waals surface area contributed by atoms with Crippen LogP contribution >= 0.6 is 11.3 Å². The maximum atomic E-state index is 11.7. The monoisotopic (exact) mass is 251 g/mol. The van der Waals surface area contributed by atoms with Crippen molar-refractivity contribution in [2.75, 3.05) is 5.32 Å². The Kier molecular flexibility index (Phi) is 2.92.